The summed E-state index contributed by atoms with van der Waals surface area (Å²) in [7, 11) is 0. The molecule has 0 atom stereocenters. The molecule has 0 aliphatic rings. The fourth-order valence-electron chi connectivity index (χ4n) is 0.952. The van der Waals surface area contributed by atoms with Gasteiger partial charge in [0, 0.05) is 11.4 Å². The summed E-state index contributed by atoms with van der Waals surface area (Å²) in [6.07, 6.45) is 0. The average Bonchev–Trinajstić information content (AvgIpc) is 2.01. The minimum Gasteiger partial charge on any atom is -0.478 e. The highest BCUT2D eigenvalue weighted by atomic mass is 79.9. The minimum atomic E-state index is -1.14. The lowest BCUT2D eigenvalue weighted by Crippen LogP contribution is -2.07. The Hall–Kier alpha value is -1.36. The van der Waals surface area contributed by atoms with E-state index in [1.807, 2.05) is 0 Å². The van der Waals surface area contributed by atoms with Crippen LogP contribution in [-0.2, 0) is 4.79 Å². The first-order valence-corrected chi connectivity index (χ1v) is 4.52. The van der Waals surface area contributed by atoms with E-state index < -0.39 is 11.9 Å². The van der Waals surface area contributed by atoms with Gasteiger partial charge in [0.2, 0.25) is 0 Å². The number of hydrogen-bond acceptors (Lipinski definition) is 3. The summed E-state index contributed by atoms with van der Waals surface area (Å²) >= 11 is 3.07. The molecule has 5 heteroatoms. The van der Waals surface area contributed by atoms with Crippen LogP contribution < -0.4 is 4.74 Å². The molecule has 14 heavy (non-hydrogen) atoms. The van der Waals surface area contributed by atoms with Gasteiger partial charge in [0.25, 0.3) is 0 Å². The monoisotopic (exact) mass is 258 g/mol. The number of carbonyl (C=O) groups is 2. The summed E-state index contributed by atoms with van der Waals surface area (Å²) in [5.74, 6) is -1.65. The van der Waals surface area contributed by atoms with Gasteiger partial charge in [-0.15, -0.1) is 0 Å². The van der Waals surface area contributed by atoms with E-state index in [1.54, 1.807) is 12.1 Å². The Morgan fingerprint density at radius 1 is 1.43 bits per heavy atom. The zero-order chi connectivity index (χ0) is 10.7. The van der Waals surface area contributed by atoms with Crippen molar-refractivity contribution in [2.24, 2.45) is 0 Å². The van der Waals surface area contributed by atoms with E-state index in [4.69, 9.17) is 9.84 Å². The number of halogens is 1. The van der Waals surface area contributed by atoms with Gasteiger partial charge in [0.1, 0.15) is 11.3 Å². The van der Waals surface area contributed by atoms with E-state index in [9.17, 15) is 9.59 Å². The summed E-state index contributed by atoms with van der Waals surface area (Å²) in [6, 6.07) is 4.58. The second-order valence-corrected chi connectivity index (χ2v) is 3.37. The summed E-state index contributed by atoms with van der Waals surface area (Å²) in [5, 5.41) is 8.84. The summed E-state index contributed by atoms with van der Waals surface area (Å²) in [5.41, 5.74) is -0.0531. The minimum absolute atomic E-state index is 0.0411. The van der Waals surface area contributed by atoms with E-state index in [1.165, 1.54) is 13.0 Å². The number of benzene rings is 1. The molecule has 0 unspecified atom stereocenters. The van der Waals surface area contributed by atoms with E-state index in [2.05, 4.69) is 15.9 Å². The topological polar surface area (TPSA) is 63.6 Å². The van der Waals surface area contributed by atoms with Crippen LogP contribution >= 0.6 is 15.9 Å². The molecule has 0 saturated carbocycles. The van der Waals surface area contributed by atoms with Crippen molar-refractivity contribution in [3.05, 3.63) is 28.2 Å². The standard InChI is InChI=1S/C9H7BrO4/c1-5(11)14-7-4-2-3-6(10)8(7)9(12)13/h2-4H,1H3,(H,12,13). The number of carbonyl (C=O) groups excluding carboxylic acids is 1. The highest BCUT2D eigenvalue weighted by molar-refractivity contribution is 9.10. The van der Waals surface area contributed by atoms with E-state index in [0.717, 1.165) is 0 Å². The first-order chi connectivity index (χ1) is 6.52. The van der Waals surface area contributed by atoms with Crippen LogP contribution in [0.2, 0.25) is 0 Å². The first kappa shape index (κ1) is 10.7. The third-order valence-corrected chi connectivity index (χ3v) is 2.10. The molecule has 74 valence electrons. The van der Waals surface area contributed by atoms with Crippen molar-refractivity contribution in [3.8, 4) is 5.75 Å². The molecule has 1 rings (SSSR count). The maximum Gasteiger partial charge on any atom is 0.340 e. The van der Waals surface area contributed by atoms with Gasteiger partial charge in [-0.1, -0.05) is 6.07 Å². The molecule has 0 spiro atoms. The van der Waals surface area contributed by atoms with Crippen molar-refractivity contribution in [1.29, 1.82) is 0 Å². The van der Waals surface area contributed by atoms with Gasteiger partial charge in [-0.25, -0.2) is 4.79 Å². The second kappa shape index (κ2) is 4.23. The van der Waals surface area contributed by atoms with Crippen LogP contribution in [0.5, 0.6) is 5.75 Å². The molecule has 0 radical (unpaired) electrons. The van der Waals surface area contributed by atoms with Gasteiger partial charge in [-0.3, -0.25) is 4.79 Å². The molecule has 0 bridgehead atoms. The van der Waals surface area contributed by atoms with Gasteiger partial charge in [0.05, 0.1) is 0 Å². The summed E-state index contributed by atoms with van der Waals surface area (Å²) < 4.78 is 5.12. The lowest BCUT2D eigenvalue weighted by molar-refractivity contribution is -0.131. The average molecular weight is 259 g/mol. The molecule has 0 heterocycles. The third-order valence-electron chi connectivity index (χ3n) is 1.44. The molecule has 0 aromatic heterocycles. The summed E-state index contributed by atoms with van der Waals surface area (Å²) in [6.45, 7) is 1.21. The van der Waals surface area contributed by atoms with Crippen LogP contribution in [0, 0.1) is 0 Å². The predicted molar refractivity (Wildman–Crippen MR) is 52.4 cm³/mol. The second-order valence-electron chi connectivity index (χ2n) is 2.51. The number of rotatable bonds is 2. The molecular formula is C9H7BrO4. The number of carboxylic acid groups (broad SMARTS) is 1. The van der Waals surface area contributed by atoms with Crippen LogP contribution in [0.1, 0.15) is 17.3 Å². The SMILES string of the molecule is CC(=O)Oc1cccc(Br)c1C(=O)O. The Morgan fingerprint density at radius 2 is 2.07 bits per heavy atom. The molecule has 4 nitrogen and oxygen atoms in total. The molecule has 0 saturated heterocycles. The Morgan fingerprint density at radius 3 is 2.57 bits per heavy atom. The van der Waals surface area contributed by atoms with Crippen LogP contribution in [0.4, 0.5) is 0 Å². The Bertz CT molecular complexity index is 386. The maximum atomic E-state index is 10.8. The molecular weight excluding hydrogens is 252 g/mol. The van der Waals surface area contributed by atoms with Gasteiger partial charge >= 0.3 is 11.9 Å². The van der Waals surface area contributed by atoms with E-state index in [0.29, 0.717) is 4.47 Å². The summed E-state index contributed by atoms with van der Waals surface area (Å²) in [4.78, 5) is 21.5. The predicted octanol–water partition coefficient (Wildman–Crippen LogP) is 2.07. The van der Waals surface area contributed by atoms with Gasteiger partial charge in [-0.05, 0) is 28.1 Å². The van der Waals surface area contributed by atoms with Crippen molar-refractivity contribution >= 4 is 27.9 Å². The van der Waals surface area contributed by atoms with Crippen molar-refractivity contribution in [2.75, 3.05) is 0 Å². The number of hydrogen-bond donors (Lipinski definition) is 1. The number of carboxylic acids is 1. The maximum absolute atomic E-state index is 10.8. The Labute approximate surface area is 88.6 Å². The first-order valence-electron chi connectivity index (χ1n) is 3.72. The molecule has 0 amide bonds. The zero-order valence-corrected chi connectivity index (χ0v) is 8.87. The smallest absolute Gasteiger partial charge is 0.340 e. The van der Waals surface area contributed by atoms with Crippen LogP contribution in [0.15, 0.2) is 22.7 Å². The van der Waals surface area contributed by atoms with Gasteiger partial charge in [0.15, 0.2) is 0 Å². The van der Waals surface area contributed by atoms with E-state index in [-0.39, 0.29) is 11.3 Å². The van der Waals surface area contributed by atoms with E-state index >= 15 is 0 Å². The van der Waals surface area contributed by atoms with Crippen molar-refractivity contribution < 1.29 is 19.4 Å². The van der Waals surface area contributed by atoms with Gasteiger partial charge < -0.3 is 9.84 Å². The highest BCUT2D eigenvalue weighted by Gasteiger charge is 2.16. The quantitative estimate of drug-likeness (QED) is 0.652. The number of esters is 1. The molecule has 0 aliphatic heterocycles. The highest BCUT2D eigenvalue weighted by Crippen LogP contribution is 2.26. The van der Waals surface area contributed by atoms with Crippen LogP contribution in [0.3, 0.4) is 0 Å². The molecule has 0 aliphatic carbocycles. The Balaban J connectivity index is 3.21. The molecule has 1 aromatic rings. The fourth-order valence-corrected chi connectivity index (χ4v) is 1.47. The number of ether oxygens (including phenoxy) is 1. The van der Waals surface area contributed by atoms with Crippen LogP contribution in [0.25, 0.3) is 0 Å². The van der Waals surface area contributed by atoms with Crippen molar-refractivity contribution in [3.63, 3.8) is 0 Å². The Kier molecular flexibility index (Phi) is 3.24. The fraction of sp³-hybridized carbons (Fsp3) is 0.111. The third kappa shape index (κ3) is 2.32. The van der Waals surface area contributed by atoms with Crippen molar-refractivity contribution in [1.82, 2.24) is 0 Å². The largest absolute Gasteiger partial charge is 0.478 e. The molecule has 0 fully saturated rings. The van der Waals surface area contributed by atoms with Gasteiger partial charge in [-0.2, -0.15) is 0 Å². The number of aromatic carboxylic acids is 1. The lowest BCUT2D eigenvalue weighted by Gasteiger charge is -2.06. The molecule has 1 aromatic carbocycles. The molecule has 1 N–H and O–H groups in total. The van der Waals surface area contributed by atoms with Crippen molar-refractivity contribution in [2.45, 2.75) is 6.92 Å². The van der Waals surface area contributed by atoms with Crippen LogP contribution in [-0.4, -0.2) is 17.0 Å². The lowest BCUT2D eigenvalue weighted by atomic mass is 10.2. The zero-order valence-electron chi connectivity index (χ0n) is 7.28. The normalized spacial score (nSPS) is 9.57.